The van der Waals surface area contributed by atoms with Crippen molar-refractivity contribution in [1.29, 1.82) is 0 Å². The van der Waals surface area contributed by atoms with Gasteiger partial charge in [-0.1, -0.05) is 60.7 Å². The van der Waals surface area contributed by atoms with Crippen LogP contribution < -0.4 is 0 Å². The first-order valence-corrected chi connectivity index (χ1v) is 7.29. The Morgan fingerprint density at radius 3 is 1.91 bits per heavy atom. The second-order valence-electron chi connectivity index (χ2n) is 5.42. The molecule has 110 valence electrons. The van der Waals surface area contributed by atoms with Gasteiger partial charge in [0.15, 0.2) is 0 Å². The molecule has 2 aromatic carbocycles. The minimum atomic E-state index is -1.12. The molecule has 3 nitrogen and oxygen atoms in total. The van der Waals surface area contributed by atoms with Gasteiger partial charge >= 0.3 is 0 Å². The lowest BCUT2D eigenvalue weighted by Gasteiger charge is -2.29. The van der Waals surface area contributed by atoms with E-state index in [-0.39, 0.29) is 0 Å². The molecular weight excluding hydrogens is 272 g/mol. The molecule has 0 radical (unpaired) electrons. The molecule has 0 bridgehead atoms. The number of aromatic nitrogens is 2. The molecule has 3 rings (SSSR count). The molecule has 1 heterocycles. The molecule has 0 fully saturated rings. The maximum atomic E-state index is 11.4. The summed E-state index contributed by atoms with van der Waals surface area (Å²) in [6.45, 7) is 1.90. The fourth-order valence-electron chi connectivity index (χ4n) is 2.66. The Labute approximate surface area is 130 Å². The first-order chi connectivity index (χ1) is 10.7. The van der Waals surface area contributed by atoms with Crippen molar-refractivity contribution in [2.24, 2.45) is 0 Å². The molecular formula is C19H18N2O. The maximum absolute atomic E-state index is 11.4. The van der Waals surface area contributed by atoms with Crippen molar-refractivity contribution in [1.82, 2.24) is 9.97 Å². The van der Waals surface area contributed by atoms with Crippen molar-refractivity contribution in [3.05, 3.63) is 95.6 Å². The van der Waals surface area contributed by atoms with E-state index in [9.17, 15) is 5.11 Å². The van der Waals surface area contributed by atoms with Gasteiger partial charge in [0.25, 0.3) is 0 Å². The molecule has 0 amide bonds. The normalized spacial score (nSPS) is 11.4. The van der Waals surface area contributed by atoms with Gasteiger partial charge in [0.2, 0.25) is 0 Å². The van der Waals surface area contributed by atoms with Gasteiger partial charge in [0.05, 0.1) is 11.4 Å². The summed E-state index contributed by atoms with van der Waals surface area (Å²) in [5.41, 5.74) is 2.20. The van der Waals surface area contributed by atoms with Crippen LogP contribution in [-0.2, 0) is 12.0 Å². The van der Waals surface area contributed by atoms with E-state index in [1.165, 1.54) is 0 Å². The molecule has 1 aromatic heterocycles. The van der Waals surface area contributed by atoms with Crippen LogP contribution >= 0.6 is 0 Å². The van der Waals surface area contributed by atoms with Crippen LogP contribution in [0.3, 0.4) is 0 Å². The molecule has 0 saturated heterocycles. The second kappa shape index (κ2) is 6.08. The quantitative estimate of drug-likeness (QED) is 0.802. The molecule has 0 aliphatic heterocycles. The van der Waals surface area contributed by atoms with E-state index in [0.717, 1.165) is 22.5 Å². The van der Waals surface area contributed by atoms with Crippen molar-refractivity contribution >= 4 is 0 Å². The SMILES string of the molecule is Cc1cncc(CC(O)(c2ccccc2)c2ccccc2)n1. The standard InChI is InChI=1S/C19H18N2O/c1-15-13-20-14-18(21-15)12-19(22,16-8-4-2-5-9-16)17-10-6-3-7-11-17/h2-11,13-14,22H,12H2,1H3. The summed E-state index contributed by atoms with van der Waals surface area (Å²) in [7, 11) is 0. The Hall–Kier alpha value is -2.52. The van der Waals surface area contributed by atoms with Crippen LogP contribution in [0, 0.1) is 6.92 Å². The van der Waals surface area contributed by atoms with Gasteiger partial charge in [-0.3, -0.25) is 9.97 Å². The van der Waals surface area contributed by atoms with Crippen LogP contribution in [0.5, 0.6) is 0 Å². The summed E-state index contributed by atoms with van der Waals surface area (Å²) in [5.74, 6) is 0. The zero-order chi connectivity index (χ0) is 15.4. The Bertz CT molecular complexity index is 702. The average molecular weight is 290 g/mol. The third kappa shape index (κ3) is 2.90. The highest BCUT2D eigenvalue weighted by molar-refractivity contribution is 5.37. The van der Waals surface area contributed by atoms with E-state index in [1.54, 1.807) is 12.4 Å². The number of hydrogen-bond acceptors (Lipinski definition) is 3. The van der Waals surface area contributed by atoms with Gasteiger partial charge in [0.1, 0.15) is 5.60 Å². The molecule has 0 saturated carbocycles. The largest absolute Gasteiger partial charge is 0.380 e. The molecule has 0 atom stereocenters. The monoisotopic (exact) mass is 290 g/mol. The van der Waals surface area contributed by atoms with Gasteiger partial charge < -0.3 is 5.11 Å². The van der Waals surface area contributed by atoms with E-state index in [1.807, 2.05) is 67.6 Å². The first-order valence-electron chi connectivity index (χ1n) is 7.29. The highest BCUT2D eigenvalue weighted by Crippen LogP contribution is 2.32. The zero-order valence-corrected chi connectivity index (χ0v) is 12.5. The highest BCUT2D eigenvalue weighted by atomic mass is 16.3. The fraction of sp³-hybridized carbons (Fsp3) is 0.158. The van der Waals surface area contributed by atoms with Gasteiger partial charge in [-0.15, -0.1) is 0 Å². The number of benzene rings is 2. The molecule has 0 spiro atoms. The maximum Gasteiger partial charge on any atom is 0.120 e. The molecule has 0 aliphatic carbocycles. The summed E-state index contributed by atoms with van der Waals surface area (Å²) in [4.78, 5) is 8.67. The lowest BCUT2D eigenvalue weighted by molar-refractivity contribution is 0.0799. The van der Waals surface area contributed by atoms with Crippen LogP contribution in [0.2, 0.25) is 0 Å². The first kappa shape index (κ1) is 14.4. The van der Waals surface area contributed by atoms with Gasteiger partial charge in [-0.2, -0.15) is 0 Å². The Morgan fingerprint density at radius 2 is 1.41 bits per heavy atom. The van der Waals surface area contributed by atoms with Crippen LogP contribution in [-0.4, -0.2) is 15.1 Å². The minimum Gasteiger partial charge on any atom is -0.380 e. The van der Waals surface area contributed by atoms with E-state index >= 15 is 0 Å². The van der Waals surface area contributed by atoms with E-state index < -0.39 is 5.60 Å². The highest BCUT2D eigenvalue weighted by Gasteiger charge is 2.32. The number of hydrogen-bond donors (Lipinski definition) is 1. The Kier molecular flexibility index (Phi) is 3.98. The van der Waals surface area contributed by atoms with Crippen LogP contribution in [0.1, 0.15) is 22.5 Å². The molecule has 1 N–H and O–H groups in total. The average Bonchev–Trinajstić information content (AvgIpc) is 2.56. The summed E-state index contributed by atoms with van der Waals surface area (Å²) < 4.78 is 0. The molecule has 0 aliphatic rings. The molecule has 3 heteroatoms. The smallest absolute Gasteiger partial charge is 0.120 e. The molecule has 3 aromatic rings. The lowest BCUT2D eigenvalue weighted by atomic mass is 9.82. The van der Waals surface area contributed by atoms with E-state index in [2.05, 4.69) is 9.97 Å². The predicted octanol–water partition coefficient (Wildman–Crippen LogP) is 3.26. The molecule has 0 unspecified atom stereocenters. The predicted molar refractivity (Wildman–Crippen MR) is 86.4 cm³/mol. The van der Waals surface area contributed by atoms with Crippen molar-refractivity contribution in [2.45, 2.75) is 18.9 Å². The van der Waals surface area contributed by atoms with Crippen LogP contribution in [0.25, 0.3) is 0 Å². The van der Waals surface area contributed by atoms with Crippen LogP contribution in [0.15, 0.2) is 73.1 Å². The third-order valence-corrected chi connectivity index (χ3v) is 3.74. The van der Waals surface area contributed by atoms with Crippen molar-refractivity contribution in [2.75, 3.05) is 0 Å². The van der Waals surface area contributed by atoms with Gasteiger partial charge in [-0.25, -0.2) is 0 Å². The number of aryl methyl sites for hydroxylation is 1. The number of nitrogens with zero attached hydrogens (tertiary/aromatic N) is 2. The van der Waals surface area contributed by atoms with Gasteiger partial charge in [-0.05, 0) is 18.1 Å². The summed E-state index contributed by atoms with van der Waals surface area (Å²) >= 11 is 0. The Morgan fingerprint density at radius 1 is 0.864 bits per heavy atom. The van der Waals surface area contributed by atoms with Crippen molar-refractivity contribution in [3.8, 4) is 0 Å². The topological polar surface area (TPSA) is 46.0 Å². The number of rotatable bonds is 4. The summed E-state index contributed by atoms with van der Waals surface area (Å²) in [5, 5.41) is 11.4. The second-order valence-corrected chi connectivity index (χ2v) is 5.42. The summed E-state index contributed by atoms with van der Waals surface area (Å²) in [6.07, 6.45) is 3.81. The lowest BCUT2D eigenvalue weighted by Crippen LogP contribution is -2.30. The number of aliphatic hydroxyl groups is 1. The van der Waals surface area contributed by atoms with Gasteiger partial charge in [0, 0.05) is 18.8 Å². The van der Waals surface area contributed by atoms with Crippen molar-refractivity contribution < 1.29 is 5.11 Å². The fourth-order valence-corrected chi connectivity index (χ4v) is 2.66. The minimum absolute atomic E-state index is 0.385. The van der Waals surface area contributed by atoms with E-state index in [4.69, 9.17) is 0 Å². The van der Waals surface area contributed by atoms with Crippen molar-refractivity contribution in [3.63, 3.8) is 0 Å². The van der Waals surface area contributed by atoms with E-state index in [0.29, 0.717) is 6.42 Å². The molecule has 22 heavy (non-hydrogen) atoms. The Balaban J connectivity index is 2.08. The summed E-state index contributed by atoms with van der Waals surface area (Å²) in [6, 6.07) is 19.4. The van der Waals surface area contributed by atoms with Crippen LogP contribution in [0.4, 0.5) is 0 Å². The zero-order valence-electron chi connectivity index (χ0n) is 12.5. The third-order valence-electron chi connectivity index (χ3n) is 3.74.